The van der Waals surface area contributed by atoms with E-state index in [9.17, 15) is 9.59 Å². The van der Waals surface area contributed by atoms with E-state index in [0.717, 1.165) is 26.2 Å². The number of benzene rings is 1. The molecule has 0 aliphatic carbocycles. The molecule has 0 saturated carbocycles. The molecular weight excluding hydrogens is 284 g/mol. The van der Waals surface area contributed by atoms with E-state index in [4.69, 9.17) is 4.74 Å². The van der Waals surface area contributed by atoms with Crippen LogP contribution in [0.2, 0.25) is 0 Å². The van der Waals surface area contributed by atoms with Crippen molar-refractivity contribution in [2.75, 3.05) is 38.5 Å². The fourth-order valence-corrected chi connectivity index (χ4v) is 2.62. The van der Waals surface area contributed by atoms with Gasteiger partial charge in [0.1, 0.15) is 5.75 Å². The van der Waals surface area contributed by atoms with Gasteiger partial charge in [0.2, 0.25) is 5.91 Å². The Morgan fingerprint density at radius 1 is 1.41 bits per heavy atom. The number of para-hydroxylation sites is 2. The molecule has 1 atom stereocenters. The first-order chi connectivity index (χ1) is 10.6. The van der Waals surface area contributed by atoms with Gasteiger partial charge in [-0.3, -0.25) is 15.0 Å². The van der Waals surface area contributed by atoms with Crippen molar-refractivity contribution in [3.63, 3.8) is 0 Å². The van der Waals surface area contributed by atoms with Gasteiger partial charge in [-0.15, -0.1) is 0 Å². The number of hydrogen-bond donors (Lipinski definition) is 3. The molecule has 0 spiro atoms. The van der Waals surface area contributed by atoms with Crippen LogP contribution in [0.15, 0.2) is 24.3 Å². The molecule has 2 aliphatic rings. The maximum absolute atomic E-state index is 12.1. The summed E-state index contributed by atoms with van der Waals surface area (Å²) >= 11 is 0. The number of anilines is 1. The van der Waals surface area contributed by atoms with E-state index in [1.165, 1.54) is 4.90 Å². The Balaban J connectivity index is 1.54. The van der Waals surface area contributed by atoms with E-state index in [2.05, 4.69) is 17.8 Å². The molecule has 1 aromatic carbocycles. The van der Waals surface area contributed by atoms with Crippen LogP contribution in [0.25, 0.3) is 0 Å². The van der Waals surface area contributed by atoms with Crippen LogP contribution in [-0.2, 0) is 9.59 Å². The van der Waals surface area contributed by atoms with Crippen molar-refractivity contribution < 1.29 is 19.2 Å². The Labute approximate surface area is 129 Å². The summed E-state index contributed by atoms with van der Waals surface area (Å²) in [6, 6.07) is 7.21. The van der Waals surface area contributed by atoms with Gasteiger partial charge < -0.3 is 15.0 Å². The third-order valence-corrected chi connectivity index (χ3v) is 3.98. The van der Waals surface area contributed by atoms with Crippen LogP contribution in [0.3, 0.4) is 0 Å². The average molecular weight is 305 g/mol. The number of piperazine rings is 1. The summed E-state index contributed by atoms with van der Waals surface area (Å²) in [6.45, 7) is 3.62. The lowest BCUT2D eigenvalue weighted by Crippen LogP contribution is -3.12. The zero-order valence-corrected chi connectivity index (χ0v) is 12.6. The molecule has 118 valence electrons. The molecule has 3 rings (SSSR count). The van der Waals surface area contributed by atoms with Crippen molar-refractivity contribution in [1.82, 2.24) is 10.4 Å². The molecule has 3 N–H and O–H groups in total. The predicted octanol–water partition coefficient (Wildman–Crippen LogP) is -1.36. The zero-order chi connectivity index (χ0) is 15.5. The highest BCUT2D eigenvalue weighted by molar-refractivity contribution is 5.99. The van der Waals surface area contributed by atoms with Crippen LogP contribution in [0.1, 0.15) is 6.42 Å². The molecule has 22 heavy (non-hydrogen) atoms. The van der Waals surface area contributed by atoms with Gasteiger partial charge >= 0.3 is 0 Å². The minimum absolute atomic E-state index is 0.0133. The molecule has 0 aromatic heterocycles. The van der Waals surface area contributed by atoms with Crippen LogP contribution < -0.4 is 20.4 Å². The van der Waals surface area contributed by atoms with Crippen LogP contribution in [0.4, 0.5) is 5.69 Å². The van der Waals surface area contributed by atoms with Crippen molar-refractivity contribution in [3.8, 4) is 5.75 Å². The number of fused-ring (bicyclic) bond motifs is 1. The number of carbonyl (C=O) groups is 2. The summed E-state index contributed by atoms with van der Waals surface area (Å²) in [7, 11) is 2.14. The van der Waals surface area contributed by atoms with Crippen molar-refractivity contribution in [3.05, 3.63) is 24.3 Å². The smallest absolute Gasteiger partial charge is 0.266 e. The van der Waals surface area contributed by atoms with Crippen molar-refractivity contribution >= 4 is 17.5 Å². The van der Waals surface area contributed by atoms with Crippen LogP contribution >= 0.6 is 0 Å². The minimum Gasteiger partial charge on any atom is -0.478 e. The lowest BCUT2D eigenvalue weighted by Gasteiger charge is -2.31. The summed E-state index contributed by atoms with van der Waals surface area (Å²) in [5.41, 5.74) is 3.50. The first-order valence-corrected chi connectivity index (χ1v) is 7.54. The van der Waals surface area contributed by atoms with E-state index in [1.54, 1.807) is 12.1 Å². The molecule has 7 heteroatoms. The summed E-state index contributed by atoms with van der Waals surface area (Å²) in [5.74, 6) is 0.124. The van der Waals surface area contributed by atoms with Gasteiger partial charge in [0.25, 0.3) is 5.91 Å². The van der Waals surface area contributed by atoms with Gasteiger partial charge in [0.15, 0.2) is 6.10 Å². The number of rotatable bonds is 3. The van der Waals surface area contributed by atoms with Gasteiger partial charge in [-0.05, 0) is 12.1 Å². The predicted molar refractivity (Wildman–Crippen MR) is 80.4 cm³/mol. The Morgan fingerprint density at radius 2 is 2.14 bits per heavy atom. The van der Waals surface area contributed by atoms with E-state index >= 15 is 0 Å². The molecule has 2 heterocycles. The maximum Gasteiger partial charge on any atom is 0.266 e. The van der Waals surface area contributed by atoms with Gasteiger partial charge in [0.05, 0.1) is 45.3 Å². The molecule has 2 aliphatic heterocycles. The van der Waals surface area contributed by atoms with Crippen molar-refractivity contribution in [2.45, 2.75) is 12.5 Å². The Bertz CT molecular complexity index is 570. The van der Waals surface area contributed by atoms with Gasteiger partial charge in [0, 0.05) is 0 Å². The number of hydrazine groups is 1. The maximum atomic E-state index is 12.1. The summed E-state index contributed by atoms with van der Waals surface area (Å²) in [6.07, 6.45) is -0.771. The summed E-state index contributed by atoms with van der Waals surface area (Å²) in [4.78, 5) is 25.5. The Kier molecular flexibility index (Phi) is 4.26. The second-order valence-corrected chi connectivity index (χ2v) is 5.78. The van der Waals surface area contributed by atoms with Crippen LogP contribution in [0, 0.1) is 0 Å². The first-order valence-electron chi connectivity index (χ1n) is 7.54. The van der Waals surface area contributed by atoms with Crippen molar-refractivity contribution in [2.24, 2.45) is 0 Å². The number of ether oxygens (including phenoxy) is 1. The lowest BCUT2D eigenvalue weighted by molar-refractivity contribution is -0.884. The fourth-order valence-electron chi connectivity index (χ4n) is 2.62. The standard InChI is InChI=1S/C15H20N4O3/c1-18-6-8-19(9-7-18)17-14(20)10-13-15(21)16-11-4-2-3-5-12(11)22-13/h2-5,13H,6-10H2,1H3,(H,16,21)(H,17,20)/p+1/t13-/m1/s1. The Hall–Kier alpha value is -2.12. The fraction of sp³-hybridized carbons (Fsp3) is 0.467. The first kappa shape index (κ1) is 14.8. The average Bonchev–Trinajstić information content (AvgIpc) is 2.50. The molecule has 2 amide bonds. The summed E-state index contributed by atoms with van der Waals surface area (Å²) in [5, 5.41) is 4.67. The topological polar surface area (TPSA) is 75.1 Å². The Morgan fingerprint density at radius 3 is 2.91 bits per heavy atom. The third kappa shape index (κ3) is 3.37. The van der Waals surface area contributed by atoms with Gasteiger partial charge in [-0.1, -0.05) is 12.1 Å². The number of nitrogens with one attached hydrogen (secondary N) is 3. The third-order valence-electron chi connectivity index (χ3n) is 3.98. The van der Waals surface area contributed by atoms with E-state index in [1.807, 2.05) is 17.1 Å². The molecule has 0 radical (unpaired) electrons. The normalized spacial score (nSPS) is 22.4. The molecule has 1 aromatic rings. The molecule has 7 nitrogen and oxygen atoms in total. The number of quaternary nitrogens is 1. The second kappa shape index (κ2) is 6.33. The molecule has 0 unspecified atom stereocenters. The number of amides is 2. The highest BCUT2D eigenvalue weighted by Gasteiger charge is 2.30. The van der Waals surface area contributed by atoms with Gasteiger partial charge in [-0.25, -0.2) is 5.01 Å². The second-order valence-electron chi connectivity index (χ2n) is 5.78. The zero-order valence-electron chi connectivity index (χ0n) is 12.6. The molecule has 1 fully saturated rings. The highest BCUT2D eigenvalue weighted by Crippen LogP contribution is 2.29. The largest absolute Gasteiger partial charge is 0.478 e. The van der Waals surface area contributed by atoms with Crippen LogP contribution in [0.5, 0.6) is 5.75 Å². The van der Waals surface area contributed by atoms with E-state index in [0.29, 0.717) is 11.4 Å². The van der Waals surface area contributed by atoms with Crippen LogP contribution in [-0.4, -0.2) is 56.2 Å². The number of likely N-dealkylation sites (N-methyl/N-ethyl adjacent to an activating group) is 1. The number of carbonyl (C=O) groups excluding carboxylic acids is 2. The highest BCUT2D eigenvalue weighted by atomic mass is 16.5. The molecule has 1 saturated heterocycles. The quantitative estimate of drug-likeness (QED) is 0.645. The van der Waals surface area contributed by atoms with Crippen molar-refractivity contribution in [1.29, 1.82) is 0 Å². The van der Waals surface area contributed by atoms with E-state index < -0.39 is 6.10 Å². The molecular formula is C15H21N4O3+. The molecule has 0 bridgehead atoms. The SMILES string of the molecule is C[NH+]1CCN(NC(=O)C[C@H]2Oc3ccccc3NC2=O)CC1. The lowest BCUT2D eigenvalue weighted by atomic mass is 10.1. The minimum atomic E-state index is -0.784. The number of hydrogen-bond acceptors (Lipinski definition) is 4. The van der Waals surface area contributed by atoms with E-state index in [-0.39, 0.29) is 18.2 Å². The summed E-state index contributed by atoms with van der Waals surface area (Å²) < 4.78 is 5.63. The van der Waals surface area contributed by atoms with Gasteiger partial charge in [-0.2, -0.15) is 0 Å². The monoisotopic (exact) mass is 305 g/mol. The number of nitrogens with zero attached hydrogens (tertiary/aromatic N) is 1.